The summed E-state index contributed by atoms with van der Waals surface area (Å²) in [6.45, 7) is 26.6. The van der Waals surface area contributed by atoms with Gasteiger partial charge >= 0.3 is 0 Å². The normalized spacial score (nSPS) is 49.8. The summed E-state index contributed by atoms with van der Waals surface area (Å²) in [4.78, 5) is 0. The van der Waals surface area contributed by atoms with Crippen LogP contribution in [-0.4, -0.2) is 34.5 Å². The van der Waals surface area contributed by atoms with Gasteiger partial charge in [-0.25, -0.2) is 0 Å². The molecular formula is C36H63NO2. The molecule has 5 rings (SSSR count). The Hall–Kier alpha value is -0.380. The molecule has 0 saturated heterocycles. The van der Waals surface area contributed by atoms with E-state index in [1.165, 1.54) is 69.8 Å². The van der Waals surface area contributed by atoms with Gasteiger partial charge in [-0.3, -0.25) is 0 Å². The molecule has 0 aromatic rings. The van der Waals surface area contributed by atoms with Crippen molar-refractivity contribution in [3.63, 3.8) is 0 Å². The summed E-state index contributed by atoms with van der Waals surface area (Å²) in [6, 6.07) is 0.403. The minimum Gasteiger partial charge on any atom is -0.394 e. The molecule has 5 fully saturated rings. The fourth-order valence-corrected chi connectivity index (χ4v) is 13.0. The van der Waals surface area contributed by atoms with Gasteiger partial charge in [0.25, 0.3) is 0 Å². The Balaban J connectivity index is 1.49. The van der Waals surface area contributed by atoms with Crippen LogP contribution in [0, 0.1) is 56.7 Å². The van der Waals surface area contributed by atoms with Crippen LogP contribution < -0.4 is 5.32 Å². The second-order valence-electron chi connectivity index (χ2n) is 17.7. The van der Waals surface area contributed by atoms with E-state index in [1.807, 2.05) is 0 Å². The second-order valence-corrected chi connectivity index (χ2v) is 17.7. The third-order valence-corrected chi connectivity index (χ3v) is 15.0. The van der Waals surface area contributed by atoms with Crippen LogP contribution in [0.1, 0.15) is 133 Å². The third-order valence-electron chi connectivity index (χ3n) is 15.0. The number of hydrogen-bond acceptors (Lipinski definition) is 3. The van der Waals surface area contributed by atoms with E-state index in [2.05, 4.69) is 74.2 Å². The number of allylic oxidation sites excluding steroid dienone is 1. The summed E-state index contributed by atoms with van der Waals surface area (Å²) in [7, 11) is 0. The van der Waals surface area contributed by atoms with Gasteiger partial charge in [-0.2, -0.15) is 0 Å². The van der Waals surface area contributed by atoms with Crippen LogP contribution in [0.25, 0.3) is 0 Å². The lowest BCUT2D eigenvalue weighted by Crippen LogP contribution is -2.66. The Labute approximate surface area is 241 Å². The molecule has 0 radical (unpaired) electrons. The van der Waals surface area contributed by atoms with Gasteiger partial charge in [0.05, 0.1) is 12.7 Å². The highest BCUT2D eigenvalue weighted by atomic mass is 16.3. The van der Waals surface area contributed by atoms with Crippen LogP contribution in [0.15, 0.2) is 12.2 Å². The number of nitrogens with one attached hydrogen (secondary N) is 1. The molecule has 3 nitrogen and oxygen atoms in total. The van der Waals surface area contributed by atoms with E-state index in [0.717, 1.165) is 24.2 Å². The zero-order valence-corrected chi connectivity index (χ0v) is 27.1. The van der Waals surface area contributed by atoms with Crippen molar-refractivity contribution >= 4 is 0 Å². The highest BCUT2D eigenvalue weighted by molar-refractivity contribution is 5.21. The van der Waals surface area contributed by atoms with Crippen LogP contribution in [-0.2, 0) is 0 Å². The summed E-state index contributed by atoms with van der Waals surface area (Å²) < 4.78 is 0. The first-order valence-electron chi connectivity index (χ1n) is 16.7. The Morgan fingerprint density at radius 3 is 2.23 bits per heavy atom. The molecule has 5 saturated carbocycles. The van der Waals surface area contributed by atoms with Gasteiger partial charge in [0.2, 0.25) is 0 Å². The van der Waals surface area contributed by atoms with Crippen molar-refractivity contribution < 1.29 is 10.2 Å². The Morgan fingerprint density at radius 1 is 0.897 bits per heavy atom. The number of aliphatic hydroxyl groups is 2. The molecule has 5 aliphatic rings. The molecule has 0 aliphatic heterocycles. The zero-order chi connectivity index (χ0) is 28.8. The Morgan fingerprint density at radius 2 is 1.59 bits per heavy atom. The fraction of sp³-hybridized carbons (Fsp3) is 0.944. The summed E-state index contributed by atoms with van der Waals surface area (Å²) in [5, 5.41) is 24.8. The molecule has 0 aromatic heterocycles. The fourth-order valence-electron chi connectivity index (χ4n) is 13.0. The van der Waals surface area contributed by atoms with Gasteiger partial charge in [0.15, 0.2) is 0 Å². The van der Waals surface area contributed by atoms with Gasteiger partial charge in [-0.15, -0.1) is 0 Å². The van der Waals surface area contributed by atoms with E-state index in [0.29, 0.717) is 39.5 Å². The molecule has 0 spiro atoms. The smallest absolute Gasteiger partial charge is 0.0607 e. The predicted octanol–water partition coefficient (Wildman–Crippen LogP) is 8.14. The number of rotatable bonds is 6. The van der Waals surface area contributed by atoms with Crippen molar-refractivity contribution in [2.24, 2.45) is 56.7 Å². The molecular weight excluding hydrogens is 478 g/mol. The van der Waals surface area contributed by atoms with Crippen molar-refractivity contribution in [3.05, 3.63) is 12.2 Å². The maximum atomic E-state index is 11.0. The van der Waals surface area contributed by atoms with Crippen molar-refractivity contribution in [1.29, 1.82) is 0 Å². The quantitative estimate of drug-likeness (QED) is 0.297. The first-order chi connectivity index (χ1) is 18.0. The van der Waals surface area contributed by atoms with E-state index < -0.39 is 0 Å². The maximum Gasteiger partial charge on any atom is 0.0607 e. The number of aliphatic hydroxyl groups excluding tert-OH is 2. The SMILES string of the molecule is C=C(C)[C@@H]1CC[C@]2(CC(C)NC(C)(C)CO)CC[C@]3(C)[C@H](CC[C@@H]4[C@@]5(C)CC[C@H](O)C(C)(C)[C@@H]5CC[C@]43C)[C@@H]12. The van der Waals surface area contributed by atoms with Crippen LogP contribution in [0.3, 0.4) is 0 Å². The highest BCUT2D eigenvalue weighted by Crippen LogP contribution is 2.77. The summed E-state index contributed by atoms with van der Waals surface area (Å²) in [5.41, 5.74) is 2.70. The molecule has 0 aromatic carbocycles. The van der Waals surface area contributed by atoms with E-state index in [9.17, 15) is 10.2 Å². The van der Waals surface area contributed by atoms with Gasteiger partial charge in [0.1, 0.15) is 0 Å². The lowest BCUT2D eigenvalue weighted by molar-refractivity contribution is -0.248. The number of hydrogen-bond donors (Lipinski definition) is 3. The van der Waals surface area contributed by atoms with Gasteiger partial charge in [0, 0.05) is 11.6 Å². The molecule has 0 amide bonds. The lowest BCUT2D eigenvalue weighted by Gasteiger charge is -2.73. The van der Waals surface area contributed by atoms with Crippen LogP contribution in [0.2, 0.25) is 0 Å². The molecule has 3 heteroatoms. The minimum atomic E-state index is -0.234. The highest BCUT2D eigenvalue weighted by Gasteiger charge is 2.70. The molecule has 0 bridgehead atoms. The van der Waals surface area contributed by atoms with Crippen molar-refractivity contribution in [2.75, 3.05) is 6.61 Å². The standard InChI is InChI=1S/C36H63NO2/c1-23(2)25-13-18-36(21-24(3)37-31(4,5)22-38)20-19-34(9)26(30(25)36)11-12-28-33(8)16-15-29(39)32(6,7)27(33)14-17-35(28,34)10/h24-30,37-39H,1,11-22H2,2-10H3/t24?,25-,26+,27-,28+,29-,30+,33-,34+,35+,36+/m0/s1. The minimum absolute atomic E-state index is 0.0236. The van der Waals surface area contributed by atoms with E-state index in [-0.39, 0.29) is 23.7 Å². The largest absolute Gasteiger partial charge is 0.394 e. The average Bonchev–Trinajstić information content (AvgIpc) is 3.21. The van der Waals surface area contributed by atoms with Crippen molar-refractivity contribution in [1.82, 2.24) is 5.32 Å². The molecule has 3 N–H and O–H groups in total. The second kappa shape index (κ2) is 9.57. The van der Waals surface area contributed by atoms with Crippen molar-refractivity contribution in [2.45, 2.75) is 151 Å². The third kappa shape index (κ3) is 4.28. The maximum absolute atomic E-state index is 11.0. The summed E-state index contributed by atoms with van der Waals surface area (Å²) in [6.07, 6.45) is 14.0. The summed E-state index contributed by atoms with van der Waals surface area (Å²) >= 11 is 0. The van der Waals surface area contributed by atoms with E-state index in [1.54, 1.807) is 0 Å². The lowest BCUT2D eigenvalue weighted by atomic mass is 9.32. The molecule has 39 heavy (non-hydrogen) atoms. The predicted molar refractivity (Wildman–Crippen MR) is 163 cm³/mol. The van der Waals surface area contributed by atoms with Crippen LogP contribution >= 0.6 is 0 Å². The van der Waals surface area contributed by atoms with Crippen molar-refractivity contribution in [3.8, 4) is 0 Å². The van der Waals surface area contributed by atoms with Gasteiger partial charge < -0.3 is 15.5 Å². The average molecular weight is 542 g/mol. The molecule has 5 aliphatic carbocycles. The Kier molecular flexibility index (Phi) is 7.38. The molecule has 11 atom stereocenters. The summed E-state index contributed by atoms with van der Waals surface area (Å²) in [5.74, 6) is 3.56. The first-order valence-corrected chi connectivity index (χ1v) is 16.7. The Bertz CT molecular complexity index is 956. The van der Waals surface area contributed by atoms with E-state index in [4.69, 9.17) is 0 Å². The van der Waals surface area contributed by atoms with E-state index >= 15 is 0 Å². The van der Waals surface area contributed by atoms with Gasteiger partial charge in [-0.05, 0) is 155 Å². The van der Waals surface area contributed by atoms with Crippen LogP contribution in [0.4, 0.5) is 0 Å². The zero-order valence-electron chi connectivity index (χ0n) is 27.1. The monoisotopic (exact) mass is 541 g/mol. The topological polar surface area (TPSA) is 52.5 Å². The van der Waals surface area contributed by atoms with Crippen LogP contribution in [0.5, 0.6) is 0 Å². The number of fused-ring (bicyclic) bond motifs is 7. The first kappa shape index (κ1) is 30.1. The molecule has 1 unspecified atom stereocenters. The van der Waals surface area contributed by atoms with Gasteiger partial charge in [-0.1, -0.05) is 46.8 Å². The molecule has 0 heterocycles. The molecule has 224 valence electrons.